The maximum Gasteiger partial charge on any atom is 0.152 e. The number of hydrogen-bond acceptors (Lipinski definition) is 3. The van der Waals surface area contributed by atoms with Crippen LogP contribution in [0.4, 0.5) is 11.5 Å². The third-order valence-electron chi connectivity index (χ3n) is 3.08. The number of aromatic nitrogens is 1. The van der Waals surface area contributed by atoms with Gasteiger partial charge in [-0.15, -0.1) is 0 Å². The molecule has 1 aromatic heterocycles. The number of pyridine rings is 1. The first-order chi connectivity index (χ1) is 7.22. The average Bonchev–Trinajstić information content (AvgIpc) is 2.27. The van der Waals surface area contributed by atoms with Crippen molar-refractivity contribution in [3.63, 3.8) is 0 Å². The van der Waals surface area contributed by atoms with Crippen molar-refractivity contribution in [2.45, 2.75) is 33.2 Å². The number of nitrogens with zero attached hydrogens (tertiary/aromatic N) is 2. The van der Waals surface area contributed by atoms with E-state index in [-0.39, 0.29) is 0 Å². The maximum absolute atomic E-state index is 4.63. The van der Waals surface area contributed by atoms with Gasteiger partial charge in [0, 0.05) is 24.8 Å². The summed E-state index contributed by atoms with van der Waals surface area (Å²) in [4.78, 5) is 7.03. The van der Waals surface area contributed by atoms with E-state index >= 15 is 0 Å². The predicted molar refractivity (Wildman–Crippen MR) is 64.6 cm³/mol. The first-order valence-electron chi connectivity index (χ1n) is 5.70. The number of rotatable bonds is 2. The van der Waals surface area contributed by atoms with E-state index < -0.39 is 0 Å². The van der Waals surface area contributed by atoms with Crippen molar-refractivity contribution in [3.05, 3.63) is 17.8 Å². The lowest BCUT2D eigenvalue weighted by Gasteiger charge is -2.35. The summed E-state index contributed by atoms with van der Waals surface area (Å²) in [5.41, 5.74) is 2.26. The van der Waals surface area contributed by atoms with Gasteiger partial charge in [-0.3, -0.25) is 0 Å². The third-order valence-corrected chi connectivity index (χ3v) is 3.08. The van der Waals surface area contributed by atoms with Gasteiger partial charge in [-0.25, -0.2) is 4.98 Å². The molecule has 1 aromatic rings. The monoisotopic (exact) mass is 205 g/mol. The van der Waals surface area contributed by atoms with Gasteiger partial charge >= 0.3 is 0 Å². The second-order valence-electron chi connectivity index (χ2n) is 4.20. The fourth-order valence-corrected chi connectivity index (χ4v) is 1.97. The quantitative estimate of drug-likeness (QED) is 0.803. The molecule has 82 valence electrons. The van der Waals surface area contributed by atoms with Gasteiger partial charge in [0.2, 0.25) is 0 Å². The predicted octanol–water partition coefficient (Wildman–Crippen LogP) is 2.42. The van der Waals surface area contributed by atoms with Crippen molar-refractivity contribution >= 4 is 11.5 Å². The maximum atomic E-state index is 4.63. The van der Waals surface area contributed by atoms with Crippen LogP contribution in [0.1, 0.15) is 26.0 Å². The number of aryl methyl sites for hydroxylation is 1. The van der Waals surface area contributed by atoms with Gasteiger partial charge in [0.15, 0.2) is 5.82 Å². The van der Waals surface area contributed by atoms with Crippen LogP contribution in [0.5, 0.6) is 0 Å². The molecule has 1 aliphatic heterocycles. The molecule has 1 atom stereocenters. The average molecular weight is 205 g/mol. The Hall–Kier alpha value is -1.25. The first-order valence-corrected chi connectivity index (χ1v) is 5.70. The van der Waals surface area contributed by atoms with Crippen LogP contribution in [0.15, 0.2) is 12.1 Å². The molecule has 3 heteroatoms. The Morgan fingerprint density at radius 1 is 1.53 bits per heavy atom. The van der Waals surface area contributed by atoms with Gasteiger partial charge in [0.05, 0.1) is 5.69 Å². The van der Waals surface area contributed by atoms with Crippen molar-refractivity contribution in [2.24, 2.45) is 0 Å². The van der Waals surface area contributed by atoms with E-state index in [0.29, 0.717) is 6.04 Å². The molecule has 0 fully saturated rings. The molecule has 0 saturated heterocycles. The molecule has 0 bridgehead atoms. The van der Waals surface area contributed by atoms with Crippen molar-refractivity contribution in [1.82, 2.24) is 4.98 Å². The zero-order chi connectivity index (χ0) is 10.8. The summed E-state index contributed by atoms with van der Waals surface area (Å²) in [5.74, 6) is 1.12. The summed E-state index contributed by atoms with van der Waals surface area (Å²) in [7, 11) is 0. The van der Waals surface area contributed by atoms with Crippen molar-refractivity contribution in [3.8, 4) is 0 Å². The molecule has 0 radical (unpaired) electrons. The summed E-state index contributed by atoms with van der Waals surface area (Å²) in [5, 5.41) is 3.39. The van der Waals surface area contributed by atoms with E-state index in [2.05, 4.69) is 41.2 Å². The Morgan fingerprint density at radius 2 is 2.33 bits per heavy atom. The molecule has 0 saturated carbocycles. The largest absolute Gasteiger partial charge is 0.380 e. The smallest absolute Gasteiger partial charge is 0.152 e. The Morgan fingerprint density at radius 3 is 3.07 bits per heavy atom. The van der Waals surface area contributed by atoms with Crippen molar-refractivity contribution < 1.29 is 0 Å². The number of anilines is 2. The van der Waals surface area contributed by atoms with Gasteiger partial charge in [-0.05, 0) is 32.4 Å². The van der Waals surface area contributed by atoms with E-state index in [0.717, 1.165) is 31.0 Å². The molecule has 1 N–H and O–H groups in total. The third kappa shape index (κ3) is 1.91. The fourth-order valence-electron chi connectivity index (χ4n) is 1.97. The molecule has 2 heterocycles. The lowest BCUT2D eigenvalue weighted by Crippen LogP contribution is -2.40. The molecular weight excluding hydrogens is 186 g/mol. The molecule has 1 unspecified atom stereocenters. The number of nitrogens with one attached hydrogen (secondary N) is 1. The lowest BCUT2D eigenvalue weighted by atomic mass is 10.1. The standard InChI is InChI=1S/C12H19N3/c1-4-10(3)15-8-7-13-11-6-5-9(2)14-12(11)15/h5-6,10,13H,4,7-8H2,1-3H3. The minimum atomic E-state index is 0.570. The fraction of sp³-hybridized carbons (Fsp3) is 0.583. The van der Waals surface area contributed by atoms with Gasteiger partial charge in [0.1, 0.15) is 0 Å². The summed E-state index contributed by atoms with van der Waals surface area (Å²) >= 11 is 0. The van der Waals surface area contributed by atoms with Crippen LogP contribution >= 0.6 is 0 Å². The minimum absolute atomic E-state index is 0.570. The van der Waals surface area contributed by atoms with E-state index in [9.17, 15) is 0 Å². The van der Waals surface area contributed by atoms with E-state index in [4.69, 9.17) is 0 Å². The number of fused-ring (bicyclic) bond motifs is 1. The van der Waals surface area contributed by atoms with Gasteiger partial charge in [0.25, 0.3) is 0 Å². The lowest BCUT2D eigenvalue weighted by molar-refractivity contribution is 0.608. The highest BCUT2D eigenvalue weighted by atomic mass is 15.3. The van der Waals surface area contributed by atoms with Crippen LogP contribution in [0.2, 0.25) is 0 Å². The first kappa shape index (κ1) is 10.3. The van der Waals surface area contributed by atoms with E-state index in [1.165, 1.54) is 5.69 Å². The zero-order valence-electron chi connectivity index (χ0n) is 9.75. The normalized spacial score (nSPS) is 16.9. The topological polar surface area (TPSA) is 28.2 Å². The molecule has 0 aromatic carbocycles. The second kappa shape index (κ2) is 4.09. The molecule has 3 nitrogen and oxygen atoms in total. The highest BCUT2D eigenvalue weighted by Gasteiger charge is 2.21. The Labute approximate surface area is 91.5 Å². The van der Waals surface area contributed by atoms with Crippen LogP contribution in [-0.4, -0.2) is 24.1 Å². The van der Waals surface area contributed by atoms with Gasteiger partial charge in [-0.2, -0.15) is 0 Å². The molecule has 0 aliphatic carbocycles. The highest BCUT2D eigenvalue weighted by molar-refractivity contribution is 5.68. The zero-order valence-corrected chi connectivity index (χ0v) is 9.75. The molecular formula is C12H19N3. The molecule has 0 spiro atoms. The second-order valence-corrected chi connectivity index (χ2v) is 4.20. The van der Waals surface area contributed by atoms with Crippen LogP contribution in [0.3, 0.4) is 0 Å². The van der Waals surface area contributed by atoms with Crippen LogP contribution in [-0.2, 0) is 0 Å². The Kier molecular flexibility index (Phi) is 2.80. The van der Waals surface area contributed by atoms with Crippen LogP contribution in [0, 0.1) is 6.92 Å². The number of hydrogen-bond donors (Lipinski definition) is 1. The highest BCUT2D eigenvalue weighted by Crippen LogP contribution is 2.28. The molecule has 15 heavy (non-hydrogen) atoms. The summed E-state index contributed by atoms with van der Waals surface area (Å²) in [6.45, 7) is 8.60. The summed E-state index contributed by atoms with van der Waals surface area (Å²) in [6, 6.07) is 4.76. The molecule has 0 amide bonds. The van der Waals surface area contributed by atoms with Crippen molar-refractivity contribution in [2.75, 3.05) is 23.3 Å². The van der Waals surface area contributed by atoms with Gasteiger partial charge in [-0.1, -0.05) is 6.92 Å². The van der Waals surface area contributed by atoms with E-state index in [1.807, 2.05) is 6.92 Å². The van der Waals surface area contributed by atoms with Gasteiger partial charge < -0.3 is 10.2 Å². The van der Waals surface area contributed by atoms with Crippen LogP contribution < -0.4 is 10.2 Å². The van der Waals surface area contributed by atoms with Crippen LogP contribution in [0.25, 0.3) is 0 Å². The van der Waals surface area contributed by atoms with E-state index in [1.54, 1.807) is 0 Å². The molecule has 2 rings (SSSR count). The SMILES string of the molecule is CCC(C)N1CCNc2ccc(C)nc21. The Balaban J connectivity index is 2.36. The minimum Gasteiger partial charge on any atom is -0.380 e. The van der Waals surface area contributed by atoms with Crippen molar-refractivity contribution in [1.29, 1.82) is 0 Å². The Bertz CT molecular complexity index is 349. The molecule has 1 aliphatic rings. The summed E-state index contributed by atoms with van der Waals surface area (Å²) in [6.07, 6.45) is 1.16. The summed E-state index contributed by atoms with van der Waals surface area (Å²) < 4.78 is 0.